The van der Waals surface area contributed by atoms with E-state index in [1.807, 2.05) is 26.8 Å². The van der Waals surface area contributed by atoms with Gasteiger partial charge in [-0.3, -0.25) is 14.6 Å². The fraction of sp³-hybridized carbons (Fsp3) is 0.778. The summed E-state index contributed by atoms with van der Waals surface area (Å²) < 4.78 is 28.8. The molecule has 1 amide bonds. The summed E-state index contributed by atoms with van der Waals surface area (Å²) in [6.45, 7) is 10.4. The lowest BCUT2D eigenvalue weighted by molar-refractivity contribution is -0.138. The number of nitrogens with zero attached hydrogens (tertiary/aromatic N) is 4. The van der Waals surface area contributed by atoms with Gasteiger partial charge in [0.15, 0.2) is 15.6 Å². The van der Waals surface area contributed by atoms with Crippen molar-refractivity contribution < 1.29 is 17.7 Å². The molecule has 0 aliphatic carbocycles. The summed E-state index contributed by atoms with van der Waals surface area (Å²) in [5.41, 5.74) is 0.886. The van der Waals surface area contributed by atoms with Crippen molar-refractivity contribution in [2.45, 2.75) is 45.8 Å². The first-order valence-electron chi connectivity index (χ1n) is 9.68. The molecule has 3 heterocycles. The van der Waals surface area contributed by atoms with Crippen molar-refractivity contribution in [1.82, 2.24) is 19.9 Å². The Labute approximate surface area is 161 Å². The Balaban J connectivity index is 1.53. The third kappa shape index (κ3) is 4.89. The van der Waals surface area contributed by atoms with Gasteiger partial charge in [0.2, 0.25) is 5.91 Å². The fourth-order valence-corrected chi connectivity index (χ4v) is 5.76. The second-order valence-electron chi connectivity index (χ2n) is 7.60. The number of carbonyl (C=O) groups excluding carboxylic acids is 1. The van der Waals surface area contributed by atoms with Crippen LogP contribution in [0.3, 0.4) is 0 Å². The Bertz CT molecular complexity index is 755. The maximum absolute atomic E-state index is 13.0. The van der Waals surface area contributed by atoms with Crippen LogP contribution in [-0.4, -0.2) is 90.5 Å². The Morgan fingerprint density at radius 2 is 2.07 bits per heavy atom. The first-order valence-corrected chi connectivity index (χ1v) is 11.5. The molecule has 152 valence electrons. The van der Waals surface area contributed by atoms with E-state index in [4.69, 9.17) is 4.52 Å². The number of amides is 1. The summed E-state index contributed by atoms with van der Waals surface area (Å²) in [5, 5.41) is 3.92. The number of aromatic nitrogens is 1. The van der Waals surface area contributed by atoms with Gasteiger partial charge >= 0.3 is 0 Å². The molecule has 2 unspecified atom stereocenters. The first kappa shape index (κ1) is 20.3. The zero-order chi connectivity index (χ0) is 19.6. The van der Waals surface area contributed by atoms with Crippen molar-refractivity contribution in [1.29, 1.82) is 0 Å². The Morgan fingerprint density at radius 3 is 2.59 bits per heavy atom. The maximum Gasteiger partial charge on any atom is 0.239 e. The third-order valence-corrected chi connectivity index (χ3v) is 7.39. The predicted octanol–water partition coefficient (Wildman–Crippen LogP) is 0.525. The number of hydrogen-bond donors (Lipinski definition) is 0. The van der Waals surface area contributed by atoms with Gasteiger partial charge in [-0.25, -0.2) is 8.42 Å². The van der Waals surface area contributed by atoms with Gasteiger partial charge in [-0.1, -0.05) is 5.16 Å². The number of likely N-dealkylation sites (N-methyl/N-ethyl adjacent to an activating group) is 1. The molecule has 2 aliphatic heterocycles. The monoisotopic (exact) mass is 398 g/mol. The topological polar surface area (TPSA) is 87.0 Å². The van der Waals surface area contributed by atoms with Crippen LogP contribution < -0.4 is 0 Å². The lowest BCUT2D eigenvalue weighted by Gasteiger charge is -2.39. The molecular formula is C18H30N4O4S. The molecule has 9 heteroatoms. The average Bonchev–Trinajstić information content (AvgIpc) is 3.20. The predicted molar refractivity (Wildman–Crippen MR) is 102 cm³/mol. The second kappa shape index (κ2) is 8.28. The molecular weight excluding hydrogens is 368 g/mol. The summed E-state index contributed by atoms with van der Waals surface area (Å²) in [4.78, 5) is 19.3. The summed E-state index contributed by atoms with van der Waals surface area (Å²) >= 11 is 0. The SMILES string of the molecule is CCN(C(=O)C(C)N1CCN(Cc2cc(C)no2)CC1)C1CCS(=O)(=O)C1. The normalized spacial score (nSPS) is 24.8. The Kier molecular flexibility index (Phi) is 6.22. The minimum atomic E-state index is -3.00. The second-order valence-corrected chi connectivity index (χ2v) is 9.83. The molecule has 2 saturated heterocycles. The molecule has 1 aromatic heterocycles. The van der Waals surface area contributed by atoms with Gasteiger partial charge in [0.25, 0.3) is 0 Å². The highest BCUT2D eigenvalue weighted by Gasteiger charge is 2.37. The molecule has 0 aromatic carbocycles. The summed E-state index contributed by atoms with van der Waals surface area (Å²) in [6.07, 6.45) is 0.555. The molecule has 0 N–H and O–H groups in total. The lowest BCUT2D eigenvalue weighted by atomic mass is 10.1. The highest BCUT2D eigenvalue weighted by molar-refractivity contribution is 7.91. The number of aryl methyl sites for hydroxylation is 1. The van der Waals surface area contributed by atoms with Crippen molar-refractivity contribution in [2.24, 2.45) is 0 Å². The van der Waals surface area contributed by atoms with Crippen LogP contribution in [0.4, 0.5) is 0 Å². The molecule has 2 fully saturated rings. The minimum absolute atomic E-state index is 0.0407. The molecule has 0 radical (unpaired) electrons. The van der Waals surface area contributed by atoms with Crippen LogP contribution in [-0.2, 0) is 21.2 Å². The van der Waals surface area contributed by atoms with Gasteiger partial charge in [-0.15, -0.1) is 0 Å². The molecule has 1 aromatic rings. The van der Waals surface area contributed by atoms with Gasteiger partial charge in [-0.05, 0) is 27.2 Å². The van der Waals surface area contributed by atoms with Crippen LogP contribution in [0.5, 0.6) is 0 Å². The maximum atomic E-state index is 13.0. The van der Waals surface area contributed by atoms with Crippen LogP contribution in [0.2, 0.25) is 0 Å². The van der Waals surface area contributed by atoms with Crippen molar-refractivity contribution in [3.63, 3.8) is 0 Å². The highest BCUT2D eigenvalue weighted by Crippen LogP contribution is 2.20. The zero-order valence-corrected chi connectivity index (χ0v) is 17.2. The van der Waals surface area contributed by atoms with Gasteiger partial charge in [0.05, 0.1) is 29.8 Å². The van der Waals surface area contributed by atoms with E-state index < -0.39 is 9.84 Å². The number of sulfone groups is 1. The number of piperazine rings is 1. The zero-order valence-electron chi connectivity index (χ0n) is 16.4. The molecule has 8 nitrogen and oxygen atoms in total. The van der Waals surface area contributed by atoms with Gasteiger partial charge in [0.1, 0.15) is 0 Å². The molecule has 0 saturated carbocycles. The Hall–Kier alpha value is -1.45. The highest BCUT2D eigenvalue weighted by atomic mass is 32.2. The quantitative estimate of drug-likeness (QED) is 0.691. The van der Waals surface area contributed by atoms with Gasteiger partial charge in [0, 0.05) is 44.8 Å². The van der Waals surface area contributed by atoms with Gasteiger partial charge < -0.3 is 9.42 Å². The molecule has 0 spiro atoms. The Morgan fingerprint density at radius 1 is 1.37 bits per heavy atom. The largest absolute Gasteiger partial charge is 0.360 e. The van der Waals surface area contributed by atoms with Crippen LogP contribution in [0.15, 0.2) is 10.6 Å². The summed E-state index contributed by atoms with van der Waals surface area (Å²) in [7, 11) is -3.00. The molecule has 0 bridgehead atoms. The van der Waals surface area contributed by atoms with E-state index in [0.717, 1.165) is 44.2 Å². The first-order chi connectivity index (χ1) is 12.8. The van der Waals surface area contributed by atoms with Crippen LogP contribution in [0, 0.1) is 6.92 Å². The lowest BCUT2D eigenvalue weighted by Crippen LogP contribution is -2.56. The van der Waals surface area contributed by atoms with E-state index in [-0.39, 0.29) is 29.5 Å². The van der Waals surface area contributed by atoms with E-state index in [2.05, 4.69) is 15.0 Å². The standard InChI is InChI=1S/C18H30N4O4S/c1-4-22(16-5-10-27(24,25)13-16)18(23)15(3)21-8-6-20(7-9-21)12-17-11-14(2)19-26-17/h11,15-16H,4-10,12-13H2,1-3H3. The number of carbonyl (C=O) groups is 1. The van der Waals surface area contributed by atoms with Crippen LogP contribution >= 0.6 is 0 Å². The van der Waals surface area contributed by atoms with E-state index in [9.17, 15) is 13.2 Å². The fourth-order valence-electron chi connectivity index (χ4n) is 4.03. The molecule has 2 atom stereocenters. The van der Waals surface area contributed by atoms with Crippen molar-refractivity contribution in [3.05, 3.63) is 17.5 Å². The van der Waals surface area contributed by atoms with E-state index in [1.165, 1.54) is 0 Å². The smallest absolute Gasteiger partial charge is 0.239 e. The summed E-state index contributed by atoms with van der Waals surface area (Å²) in [6, 6.07) is 1.54. The average molecular weight is 399 g/mol. The number of rotatable bonds is 6. The van der Waals surface area contributed by atoms with E-state index in [0.29, 0.717) is 13.0 Å². The number of hydrogen-bond acceptors (Lipinski definition) is 7. The van der Waals surface area contributed by atoms with Crippen molar-refractivity contribution in [2.75, 3.05) is 44.2 Å². The van der Waals surface area contributed by atoms with Gasteiger partial charge in [-0.2, -0.15) is 0 Å². The van der Waals surface area contributed by atoms with Crippen molar-refractivity contribution in [3.8, 4) is 0 Å². The minimum Gasteiger partial charge on any atom is -0.360 e. The van der Waals surface area contributed by atoms with Crippen molar-refractivity contribution >= 4 is 15.7 Å². The van der Waals surface area contributed by atoms with E-state index in [1.54, 1.807) is 4.90 Å². The molecule has 3 rings (SSSR count). The van der Waals surface area contributed by atoms with Crippen LogP contribution in [0.25, 0.3) is 0 Å². The summed E-state index contributed by atoms with van der Waals surface area (Å²) in [5.74, 6) is 1.20. The van der Waals surface area contributed by atoms with E-state index >= 15 is 0 Å². The van der Waals surface area contributed by atoms with Crippen LogP contribution in [0.1, 0.15) is 31.7 Å². The molecule has 2 aliphatic rings. The molecule has 27 heavy (non-hydrogen) atoms. The third-order valence-electron chi connectivity index (χ3n) is 5.64.